The van der Waals surface area contributed by atoms with Gasteiger partial charge >= 0.3 is 0 Å². The number of nitriles is 1. The van der Waals surface area contributed by atoms with Crippen molar-refractivity contribution in [2.24, 2.45) is 0 Å². The molecular formula is C13H16N2OS. The molecule has 0 radical (unpaired) electrons. The summed E-state index contributed by atoms with van der Waals surface area (Å²) < 4.78 is 5.11. The maximum absolute atomic E-state index is 9.36. The molecule has 1 aromatic carbocycles. The molecule has 1 saturated heterocycles. The van der Waals surface area contributed by atoms with Crippen molar-refractivity contribution >= 4 is 17.4 Å². The first-order valence-electron chi connectivity index (χ1n) is 5.69. The largest absolute Gasteiger partial charge is 0.497 e. The van der Waals surface area contributed by atoms with Gasteiger partial charge < -0.3 is 10.1 Å². The molecule has 0 saturated carbocycles. The number of hydrogen-bond acceptors (Lipinski definition) is 4. The molecule has 4 heteroatoms. The summed E-state index contributed by atoms with van der Waals surface area (Å²) in [6.07, 6.45) is 1.81. The molecule has 17 heavy (non-hydrogen) atoms. The minimum atomic E-state index is -0.389. The lowest BCUT2D eigenvalue weighted by atomic mass is 9.93. The fourth-order valence-electron chi connectivity index (χ4n) is 1.94. The van der Waals surface area contributed by atoms with Crippen molar-refractivity contribution in [3.63, 3.8) is 0 Å². The predicted molar refractivity (Wildman–Crippen MR) is 71.5 cm³/mol. The number of methoxy groups -OCH3 is 1. The standard InChI is InChI=1S/C13H16N2OS/c1-16-12-4-2-11(3-5-12)15-13(10-14)6-8-17-9-7-13/h2-5,15H,6-9H2,1H3. The number of ether oxygens (including phenoxy) is 1. The Bertz CT molecular complexity index is 404. The van der Waals surface area contributed by atoms with E-state index in [1.807, 2.05) is 36.0 Å². The highest BCUT2D eigenvalue weighted by molar-refractivity contribution is 7.99. The van der Waals surface area contributed by atoms with Crippen molar-refractivity contribution in [1.82, 2.24) is 0 Å². The Hall–Kier alpha value is -1.34. The number of nitrogens with one attached hydrogen (secondary N) is 1. The van der Waals surface area contributed by atoms with E-state index in [4.69, 9.17) is 4.74 Å². The third kappa shape index (κ3) is 2.86. The van der Waals surface area contributed by atoms with Crippen LogP contribution in [0.2, 0.25) is 0 Å². The summed E-state index contributed by atoms with van der Waals surface area (Å²) in [6.45, 7) is 0. The number of benzene rings is 1. The molecule has 1 N–H and O–H groups in total. The zero-order valence-electron chi connectivity index (χ0n) is 9.90. The van der Waals surface area contributed by atoms with Gasteiger partial charge in [0.05, 0.1) is 13.2 Å². The molecule has 1 fully saturated rings. The van der Waals surface area contributed by atoms with Gasteiger partial charge in [-0.1, -0.05) is 0 Å². The van der Waals surface area contributed by atoms with E-state index in [1.54, 1.807) is 7.11 Å². The molecule has 0 atom stereocenters. The normalized spacial score (nSPS) is 18.1. The van der Waals surface area contributed by atoms with Crippen LogP contribution in [0, 0.1) is 11.3 Å². The van der Waals surface area contributed by atoms with E-state index < -0.39 is 0 Å². The van der Waals surface area contributed by atoms with Crippen LogP contribution in [0.3, 0.4) is 0 Å². The first-order chi connectivity index (χ1) is 8.28. The third-order valence-electron chi connectivity index (χ3n) is 3.03. The van der Waals surface area contributed by atoms with Crippen LogP contribution in [0.25, 0.3) is 0 Å². The smallest absolute Gasteiger partial charge is 0.126 e. The van der Waals surface area contributed by atoms with E-state index in [1.165, 1.54) is 0 Å². The number of thioether (sulfide) groups is 1. The molecular weight excluding hydrogens is 232 g/mol. The second-order valence-electron chi connectivity index (χ2n) is 4.16. The van der Waals surface area contributed by atoms with Crippen molar-refractivity contribution in [2.75, 3.05) is 23.9 Å². The fourth-order valence-corrected chi connectivity index (χ4v) is 3.12. The molecule has 0 amide bonds. The summed E-state index contributed by atoms with van der Waals surface area (Å²) in [5.41, 5.74) is 0.596. The average molecular weight is 248 g/mol. The fraction of sp³-hybridized carbons (Fsp3) is 0.462. The molecule has 0 aliphatic carbocycles. The van der Waals surface area contributed by atoms with Crippen molar-refractivity contribution in [2.45, 2.75) is 18.4 Å². The minimum absolute atomic E-state index is 0.389. The van der Waals surface area contributed by atoms with Gasteiger partial charge in [0.25, 0.3) is 0 Å². The lowest BCUT2D eigenvalue weighted by Crippen LogP contribution is -2.40. The summed E-state index contributed by atoms with van der Waals surface area (Å²) in [6, 6.07) is 10.2. The number of nitrogens with zero attached hydrogens (tertiary/aromatic N) is 1. The molecule has 0 aromatic heterocycles. The molecule has 0 unspecified atom stereocenters. The van der Waals surface area contributed by atoms with E-state index >= 15 is 0 Å². The summed E-state index contributed by atoms with van der Waals surface area (Å²) in [4.78, 5) is 0. The van der Waals surface area contributed by atoms with Crippen molar-refractivity contribution < 1.29 is 4.74 Å². The first kappa shape index (κ1) is 12.1. The monoisotopic (exact) mass is 248 g/mol. The molecule has 0 spiro atoms. The van der Waals surface area contributed by atoms with Crippen molar-refractivity contribution in [3.8, 4) is 11.8 Å². The van der Waals surface area contributed by atoms with Crippen molar-refractivity contribution in [1.29, 1.82) is 5.26 Å². The summed E-state index contributed by atoms with van der Waals surface area (Å²) in [5, 5.41) is 12.7. The molecule has 1 aromatic rings. The quantitative estimate of drug-likeness (QED) is 0.893. The Labute approximate surface area is 106 Å². The molecule has 3 nitrogen and oxygen atoms in total. The van der Waals surface area contributed by atoms with Gasteiger partial charge in [0.1, 0.15) is 11.3 Å². The van der Waals surface area contributed by atoms with Gasteiger partial charge in [-0.2, -0.15) is 17.0 Å². The van der Waals surface area contributed by atoms with Gasteiger partial charge in [0, 0.05) is 5.69 Å². The van der Waals surface area contributed by atoms with E-state index in [-0.39, 0.29) is 5.54 Å². The second-order valence-corrected chi connectivity index (χ2v) is 5.38. The maximum Gasteiger partial charge on any atom is 0.126 e. The van der Waals surface area contributed by atoms with E-state index in [0.29, 0.717) is 0 Å². The minimum Gasteiger partial charge on any atom is -0.497 e. The van der Waals surface area contributed by atoms with E-state index in [0.717, 1.165) is 35.8 Å². The zero-order valence-corrected chi connectivity index (χ0v) is 10.7. The lowest BCUT2D eigenvalue weighted by Gasteiger charge is -2.32. The zero-order chi connectivity index (χ0) is 12.1. The van der Waals surface area contributed by atoms with Crippen LogP contribution in [0.15, 0.2) is 24.3 Å². The van der Waals surface area contributed by atoms with Crippen LogP contribution in [0.4, 0.5) is 5.69 Å². The Morgan fingerprint density at radius 2 is 1.94 bits per heavy atom. The maximum atomic E-state index is 9.36. The van der Waals surface area contributed by atoms with Crippen molar-refractivity contribution in [3.05, 3.63) is 24.3 Å². The first-order valence-corrected chi connectivity index (χ1v) is 6.85. The van der Waals surface area contributed by atoms with Crippen LogP contribution >= 0.6 is 11.8 Å². The van der Waals surface area contributed by atoms with E-state index in [9.17, 15) is 5.26 Å². The van der Waals surface area contributed by atoms with Gasteiger partial charge in [-0.25, -0.2) is 0 Å². The van der Waals surface area contributed by atoms with Gasteiger partial charge in [-0.05, 0) is 48.6 Å². The third-order valence-corrected chi connectivity index (χ3v) is 4.02. The number of rotatable bonds is 3. The van der Waals surface area contributed by atoms with Gasteiger partial charge in [0.15, 0.2) is 0 Å². The van der Waals surface area contributed by atoms with Gasteiger partial charge in [0.2, 0.25) is 0 Å². The van der Waals surface area contributed by atoms with Crippen LogP contribution < -0.4 is 10.1 Å². The summed E-state index contributed by atoms with van der Waals surface area (Å²) in [7, 11) is 1.65. The average Bonchev–Trinajstić information content (AvgIpc) is 2.41. The van der Waals surface area contributed by atoms with Crippen LogP contribution in [-0.4, -0.2) is 24.2 Å². The summed E-state index contributed by atoms with van der Waals surface area (Å²) in [5.74, 6) is 2.94. The number of anilines is 1. The second kappa shape index (κ2) is 5.33. The summed E-state index contributed by atoms with van der Waals surface area (Å²) >= 11 is 1.92. The van der Waals surface area contributed by atoms with Crippen LogP contribution in [0.5, 0.6) is 5.75 Å². The molecule has 1 aliphatic rings. The Morgan fingerprint density at radius 1 is 1.29 bits per heavy atom. The van der Waals surface area contributed by atoms with Gasteiger partial charge in [-0.15, -0.1) is 0 Å². The highest BCUT2D eigenvalue weighted by Gasteiger charge is 2.31. The SMILES string of the molecule is COc1ccc(NC2(C#N)CCSCC2)cc1. The Morgan fingerprint density at radius 3 is 2.47 bits per heavy atom. The Balaban J connectivity index is 2.10. The molecule has 1 aliphatic heterocycles. The van der Waals surface area contributed by atoms with Crippen LogP contribution in [0.1, 0.15) is 12.8 Å². The lowest BCUT2D eigenvalue weighted by molar-refractivity contribution is 0.415. The molecule has 90 valence electrons. The Kier molecular flexibility index (Phi) is 3.80. The highest BCUT2D eigenvalue weighted by Crippen LogP contribution is 2.30. The molecule has 1 heterocycles. The van der Waals surface area contributed by atoms with Crippen LogP contribution in [-0.2, 0) is 0 Å². The topological polar surface area (TPSA) is 45.0 Å². The number of hydrogen-bond donors (Lipinski definition) is 1. The predicted octanol–water partition coefficient (Wildman–Crippen LogP) is 2.90. The highest BCUT2D eigenvalue weighted by atomic mass is 32.2. The van der Waals surface area contributed by atoms with Gasteiger partial charge in [-0.3, -0.25) is 0 Å². The van der Waals surface area contributed by atoms with E-state index in [2.05, 4.69) is 11.4 Å². The molecule has 2 rings (SSSR count). The molecule has 0 bridgehead atoms.